The molecule has 0 spiro atoms. The molecule has 0 radical (unpaired) electrons. The molecular weight excluding hydrogens is 311 g/mol. The number of benzene rings is 1. The number of hydrogen-bond acceptors (Lipinski definition) is 3. The molecule has 2 aromatic rings. The zero-order chi connectivity index (χ0) is 13.8. The van der Waals surface area contributed by atoms with Gasteiger partial charge in [-0.25, -0.2) is 4.39 Å². The molecule has 5 heteroatoms. The highest BCUT2D eigenvalue weighted by atomic mass is 79.9. The second kappa shape index (κ2) is 6.32. The summed E-state index contributed by atoms with van der Waals surface area (Å²) < 4.78 is 19.5. The van der Waals surface area contributed by atoms with Gasteiger partial charge in [-0.2, -0.15) is 0 Å². The number of nitrogens with zero attached hydrogens (tertiary/aromatic N) is 1. The summed E-state index contributed by atoms with van der Waals surface area (Å²) in [6.07, 6.45) is 1.62. The summed E-state index contributed by atoms with van der Waals surface area (Å²) in [7, 11) is 1.94. The second-order valence-corrected chi connectivity index (χ2v) is 5.28. The molecule has 1 aromatic carbocycles. The summed E-state index contributed by atoms with van der Waals surface area (Å²) in [6, 6.07) is 8.36. The summed E-state index contributed by atoms with van der Waals surface area (Å²) in [6.45, 7) is 1.03. The van der Waals surface area contributed by atoms with Crippen LogP contribution >= 0.6 is 15.9 Å². The van der Waals surface area contributed by atoms with Crippen LogP contribution in [0.15, 0.2) is 45.5 Å². The van der Waals surface area contributed by atoms with Crippen LogP contribution in [0.4, 0.5) is 4.39 Å². The van der Waals surface area contributed by atoms with Gasteiger partial charge in [0.05, 0.1) is 16.8 Å². The van der Waals surface area contributed by atoms with Gasteiger partial charge in [-0.3, -0.25) is 4.90 Å². The fourth-order valence-corrected chi connectivity index (χ4v) is 2.53. The number of halogens is 2. The Morgan fingerprint density at radius 1 is 1.42 bits per heavy atom. The first kappa shape index (κ1) is 14.2. The molecule has 0 bridgehead atoms. The summed E-state index contributed by atoms with van der Waals surface area (Å²) in [4.78, 5) is 2.04. The molecule has 1 atom stereocenters. The lowest BCUT2D eigenvalue weighted by molar-refractivity contribution is 0.211. The molecule has 1 heterocycles. The molecule has 0 amide bonds. The van der Waals surface area contributed by atoms with E-state index >= 15 is 0 Å². The maximum absolute atomic E-state index is 13.2. The third-order valence-corrected chi connectivity index (χ3v) is 3.68. The van der Waals surface area contributed by atoms with Crippen LogP contribution in [-0.2, 0) is 6.54 Å². The molecule has 1 unspecified atom stereocenters. The monoisotopic (exact) mass is 326 g/mol. The Morgan fingerprint density at radius 3 is 2.79 bits per heavy atom. The van der Waals surface area contributed by atoms with E-state index in [9.17, 15) is 4.39 Å². The molecule has 2 N–H and O–H groups in total. The highest BCUT2D eigenvalue weighted by molar-refractivity contribution is 9.10. The van der Waals surface area contributed by atoms with Crippen molar-refractivity contribution in [3.8, 4) is 0 Å². The van der Waals surface area contributed by atoms with Crippen LogP contribution in [0, 0.1) is 5.82 Å². The molecule has 2 rings (SSSR count). The van der Waals surface area contributed by atoms with Crippen molar-refractivity contribution in [2.24, 2.45) is 5.73 Å². The van der Waals surface area contributed by atoms with Gasteiger partial charge in [0.1, 0.15) is 11.6 Å². The van der Waals surface area contributed by atoms with Crippen molar-refractivity contribution in [2.75, 3.05) is 13.6 Å². The van der Waals surface area contributed by atoms with Crippen LogP contribution < -0.4 is 5.73 Å². The second-order valence-electron chi connectivity index (χ2n) is 4.43. The zero-order valence-corrected chi connectivity index (χ0v) is 12.2. The smallest absolute Gasteiger partial charge is 0.136 e. The van der Waals surface area contributed by atoms with E-state index in [1.165, 1.54) is 12.1 Å². The fraction of sp³-hybridized carbons (Fsp3) is 0.286. The number of hydrogen-bond donors (Lipinski definition) is 1. The van der Waals surface area contributed by atoms with E-state index in [2.05, 4.69) is 15.9 Å². The van der Waals surface area contributed by atoms with Crippen LogP contribution in [-0.4, -0.2) is 18.5 Å². The predicted molar refractivity (Wildman–Crippen MR) is 76.1 cm³/mol. The Hall–Kier alpha value is -1.17. The Kier molecular flexibility index (Phi) is 4.74. The Bertz CT molecular complexity index is 544. The van der Waals surface area contributed by atoms with Gasteiger partial charge in [-0.15, -0.1) is 0 Å². The van der Waals surface area contributed by atoms with Gasteiger partial charge in [0, 0.05) is 13.1 Å². The quantitative estimate of drug-likeness (QED) is 0.916. The van der Waals surface area contributed by atoms with Crippen molar-refractivity contribution in [3.05, 3.63) is 58.2 Å². The minimum Gasteiger partial charge on any atom is -0.466 e. The molecular formula is C14H16BrFN2O. The molecule has 0 saturated heterocycles. The van der Waals surface area contributed by atoms with Gasteiger partial charge in [0.2, 0.25) is 0 Å². The van der Waals surface area contributed by atoms with Crippen LogP contribution in [0.5, 0.6) is 0 Å². The van der Waals surface area contributed by atoms with Crippen molar-refractivity contribution in [2.45, 2.75) is 12.6 Å². The van der Waals surface area contributed by atoms with E-state index < -0.39 is 0 Å². The van der Waals surface area contributed by atoms with E-state index in [0.29, 0.717) is 13.1 Å². The van der Waals surface area contributed by atoms with Crippen molar-refractivity contribution in [1.82, 2.24) is 4.90 Å². The first-order chi connectivity index (χ1) is 9.11. The summed E-state index contributed by atoms with van der Waals surface area (Å²) in [5.74, 6) is 0.566. The van der Waals surface area contributed by atoms with Crippen molar-refractivity contribution >= 4 is 15.9 Å². The first-order valence-electron chi connectivity index (χ1n) is 5.99. The average Bonchev–Trinajstić information content (AvgIpc) is 2.77. The minimum absolute atomic E-state index is 0.0485. The third kappa shape index (κ3) is 3.43. The molecule has 19 heavy (non-hydrogen) atoms. The Balaban J connectivity index is 2.14. The van der Waals surface area contributed by atoms with Gasteiger partial charge >= 0.3 is 0 Å². The molecule has 0 aliphatic heterocycles. The fourth-order valence-electron chi connectivity index (χ4n) is 2.06. The first-order valence-corrected chi connectivity index (χ1v) is 6.78. The van der Waals surface area contributed by atoms with Crippen molar-refractivity contribution in [3.63, 3.8) is 0 Å². The van der Waals surface area contributed by atoms with Crippen LogP contribution in [0.3, 0.4) is 0 Å². The molecule has 0 saturated carbocycles. The van der Waals surface area contributed by atoms with Gasteiger partial charge in [-0.05, 0) is 46.7 Å². The highest BCUT2D eigenvalue weighted by Gasteiger charge is 2.21. The zero-order valence-electron chi connectivity index (χ0n) is 10.6. The molecule has 1 aromatic heterocycles. The summed E-state index contributed by atoms with van der Waals surface area (Å²) >= 11 is 3.44. The number of rotatable bonds is 5. The standard InChI is InChI=1S/C14H16BrFN2O/c1-18(9-10-3-2-4-11(16)7-10)13(8-17)14-12(15)5-6-19-14/h2-7,13H,8-9,17H2,1H3. The maximum Gasteiger partial charge on any atom is 0.136 e. The Morgan fingerprint density at radius 2 is 2.21 bits per heavy atom. The Labute approximate surface area is 120 Å². The lowest BCUT2D eigenvalue weighted by Crippen LogP contribution is -2.30. The normalized spacial score (nSPS) is 12.9. The molecule has 0 aliphatic rings. The topological polar surface area (TPSA) is 42.4 Å². The largest absolute Gasteiger partial charge is 0.466 e. The van der Waals surface area contributed by atoms with Crippen LogP contribution in [0.25, 0.3) is 0 Å². The van der Waals surface area contributed by atoms with Gasteiger partial charge in [0.25, 0.3) is 0 Å². The average molecular weight is 327 g/mol. The van der Waals surface area contributed by atoms with Gasteiger partial charge in [0.15, 0.2) is 0 Å². The molecule has 3 nitrogen and oxygen atoms in total. The summed E-state index contributed by atoms with van der Waals surface area (Å²) in [5.41, 5.74) is 6.73. The van der Waals surface area contributed by atoms with Crippen molar-refractivity contribution < 1.29 is 8.81 Å². The lowest BCUT2D eigenvalue weighted by atomic mass is 10.1. The van der Waals surface area contributed by atoms with E-state index in [-0.39, 0.29) is 11.9 Å². The minimum atomic E-state index is -0.227. The van der Waals surface area contributed by atoms with Crippen LogP contribution in [0.1, 0.15) is 17.4 Å². The van der Waals surface area contributed by atoms with Gasteiger partial charge < -0.3 is 10.2 Å². The number of furan rings is 1. The maximum atomic E-state index is 13.2. The SMILES string of the molecule is CN(Cc1cccc(F)c1)C(CN)c1occc1Br. The van der Waals surface area contributed by atoms with E-state index in [0.717, 1.165) is 15.8 Å². The molecule has 102 valence electrons. The summed E-state index contributed by atoms with van der Waals surface area (Å²) in [5, 5.41) is 0. The lowest BCUT2D eigenvalue weighted by Gasteiger charge is -2.25. The van der Waals surface area contributed by atoms with E-state index in [4.69, 9.17) is 10.2 Å². The molecule has 0 fully saturated rings. The van der Waals surface area contributed by atoms with E-state index in [1.54, 1.807) is 12.3 Å². The number of nitrogens with two attached hydrogens (primary N) is 1. The predicted octanol–water partition coefficient (Wildman–Crippen LogP) is 3.31. The highest BCUT2D eigenvalue weighted by Crippen LogP contribution is 2.28. The van der Waals surface area contributed by atoms with E-state index in [1.807, 2.05) is 24.1 Å². The van der Waals surface area contributed by atoms with Gasteiger partial charge in [-0.1, -0.05) is 12.1 Å². The third-order valence-electron chi connectivity index (χ3n) is 3.02. The molecule has 0 aliphatic carbocycles. The number of likely N-dealkylation sites (N-methyl/N-ethyl adjacent to an activating group) is 1. The van der Waals surface area contributed by atoms with Crippen molar-refractivity contribution in [1.29, 1.82) is 0 Å². The van der Waals surface area contributed by atoms with Crippen LogP contribution in [0.2, 0.25) is 0 Å².